The molecule has 0 bridgehead atoms. The number of benzene rings is 1. The lowest BCUT2D eigenvalue weighted by Crippen LogP contribution is -2.37. The Morgan fingerprint density at radius 3 is 2.95 bits per heavy atom. The van der Waals surface area contributed by atoms with Crippen LogP contribution in [-0.4, -0.2) is 34.7 Å². The van der Waals surface area contributed by atoms with Crippen molar-refractivity contribution in [2.75, 3.05) is 20.2 Å². The average Bonchev–Trinajstić information content (AvgIpc) is 2.90. The van der Waals surface area contributed by atoms with Gasteiger partial charge in [-0.1, -0.05) is 0 Å². The normalized spacial score (nSPS) is 19.6. The maximum absolute atomic E-state index is 12.2. The monoisotopic (exact) mass is 348 g/mol. The molecule has 2 rings (SSSR count). The molecule has 0 radical (unpaired) electrons. The second-order valence-electron chi connectivity index (χ2n) is 4.44. The number of nitrogens with one attached hydrogen (secondary N) is 2. The van der Waals surface area contributed by atoms with Gasteiger partial charge in [0.2, 0.25) is 10.0 Å². The summed E-state index contributed by atoms with van der Waals surface area (Å²) in [6, 6.07) is 4.96. The van der Waals surface area contributed by atoms with Crippen molar-refractivity contribution in [1.29, 1.82) is 0 Å². The van der Waals surface area contributed by atoms with Crippen LogP contribution in [0.1, 0.15) is 12.8 Å². The van der Waals surface area contributed by atoms with Gasteiger partial charge in [-0.2, -0.15) is 0 Å². The van der Waals surface area contributed by atoms with Crippen molar-refractivity contribution < 1.29 is 13.2 Å². The molecule has 0 saturated carbocycles. The van der Waals surface area contributed by atoms with Gasteiger partial charge in [0, 0.05) is 18.7 Å². The summed E-state index contributed by atoms with van der Waals surface area (Å²) >= 11 is 3.30. The van der Waals surface area contributed by atoms with Gasteiger partial charge in [-0.15, -0.1) is 0 Å². The van der Waals surface area contributed by atoms with Crippen LogP contribution in [0.25, 0.3) is 0 Å². The van der Waals surface area contributed by atoms with Crippen LogP contribution in [0.3, 0.4) is 0 Å². The highest BCUT2D eigenvalue weighted by atomic mass is 79.9. The highest BCUT2D eigenvalue weighted by Crippen LogP contribution is 2.27. The van der Waals surface area contributed by atoms with Gasteiger partial charge < -0.3 is 10.1 Å². The van der Waals surface area contributed by atoms with E-state index in [-0.39, 0.29) is 10.9 Å². The summed E-state index contributed by atoms with van der Waals surface area (Å²) < 4.78 is 32.8. The van der Waals surface area contributed by atoms with E-state index < -0.39 is 10.0 Å². The molecule has 1 unspecified atom stereocenters. The van der Waals surface area contributed by atoms with Crippen LogP contribution in [0.2, 0.25) is 0 Å². The first kappa shape index (κ1) is 14.8. The van der Waals surface area contributed by atoms with Crippen molar-refractivity contribution in [2.45, 2.75) is 23.8 Å². The minimum atomic E-state index is -3.49. The van der Waals surface area contributed by atoms with Gasteiger partial charge in [0.05, 0.1) is 16.5 Å². The van der Waals surface area contributed by atoms with E-state index in [1.807, 2.05) is 0 Å². The Hall–Kier alpha value is -0.630. The Morgan fingerprint density at radius 2 is 2.32 bits per heavy atom. The quantitative estimate of drug-likeness (QED) is 0.845. The smallest absolute Gasteiger partial charge is 0.240 e. The van der Waals surface area contributed by atoms with Crippen LogP contribution in [-0.2, 0) is 10.0 Å². The van der Waals surface area contributed by atoms with Crippen molar-refractivity contribution in [3.05, 3.63) is 22.7 Å². The van der Waals surface area contributed by atoms with Gasteiger partial charge >= 0.3 is 0 Å². The molecular formula is C12H17BrN2O3S. The number of hydrogen-bond donors (Lipinski definition) is 2. The zero-order chi connectivity index (χ0) is 13.9. The molecule has 1 aromatic carbocycles. The van der Waals surface area contributed by atoms with Crippen LogP contribution in [0.15, 0.2) is 27.6 Å². The predicted molar refractivity (Wildman–Crippen MR) is 76.9 cm³/mol. The Balaban J connectivity index is 2.10. The molecule has 1 aliphatic rings. The topological polar surface area (TPSA) is 67.4 Å². The number of sulfonamides is 1. The first-order chi connectivity index (χ1) is 9.03. The summed E-state index contributed by atoms with van der Waals surface area (Å²) in [5.74, 6) is 0.502. The molecule has 19 heavy (non-hydrogen) atoms. The summed E-state index contributed by atoms with van der Waals surface area (Å²) in [6.07, 6.45) is 2.10. The third kappa shape index (κ3) is 3.68. The molecular weight excluding hydrogens is 332 g/mol. The summed E-state index contributed by atoms with van der Waals surface area (Å²) in [6.45, 7) is 1.37. The summed E-state index contributed by atoms with van der Waals surface area (Å²) in [7, 11) is -1.98. The SMILES string of the molecule is COc1cc(S(=O)(=O)NCC2CCCN2)ccc1Br. The molecule has 0 aromatic heterocycles. The van der Waals surface area contributed by atoms with E-state index in [0.717, 1.165) is 23.9 Å². The molecule has 1 heterocycles. The van der Waals surface area contributed by atoms with E-state index in [2.05, 4.69) is 26.0 Å². The first-order valence-corrected chi connectivity index (χ1v) is 8.37. The predicted octanol–water partition coefficient (Wildman–Crippen LogP) is 1.49. The fraction of sp³-hybridized carbons (Fsp3) is 0.500. The Bertz CT molecular complexity index is 542. The van der Waals surface area contributed by atoms with Gasteiger partial charge in [0.15, 0.2) is 0 Å². The lowest BCUT2D eigenvalue weighted by atomic mass is 10.2. The lowest BCUT2D eigenvalue weighted by Gasteiger charge is -2.13. The second kappa shape index (κ2) is 6.21. The Labute approximate surface area is 121 Å². The van der Waals surface area contributed by atoms with E-state index in [0.29, 0.717) is 12.3 Å². The van der Waals surface area contributed by atoms with Crippen LogP contribution >= 0.6 is 15.9 Å². The third-order valence-electron chi connectivity index (χ3n) is 3.12. The molecule has 0 aliphatic carbocycles. The maximum Gasteiger partial charge on any atom is 0.240 e. The van der Waals surface area contributed by atoms with Crippen LogP contribution in [0.4, 0.5) is 0 Å². The van der Waals surface area contributed by atoms with Crippen molar-refractivity contribution in [2.24, 2.45) is 0 Å². The second-order valence-corrected chi connectivity index (χ2v) is 7.06. The minimum Gasteiger partial charge on any atom is -0.496 e. The van der Waals surface area contributed by atoms with Crippen molar-refractivity contribution in [3.63, 3.8) is 0 Å². The van der Waals surface area contributed by atoms with E-state index in [1.165, 1.54) is 13.2 Å². The third-order valence-corrected chi connectivity index (χ3v) is 5.19. The number of hydrogen-bond acceptors (Lipinski definition) is 4. The molecule has 1 aromatic rings. The molecule has 1 aliphatic heterocycles. The van der Waals surface area contributed by atoms with Crippen molar-refractivity contribution in [3.8, 4) is 5.75 Å². The van der Waals surface area contributed by atoms with Crippen molar-refractivity contribution >= 4 is 26.0 Å². The fourth-order valence-electron chi connectivity index (χ4n) is 2.03. The molecule has 1 atom stereocenters. The van der Waals surface area contributed by atoms with Crippen LogP contribution < -0.4 is 14.8 Å². The number of ether oxygens (including phenoxy) is 1. The molecule has 0 amide bonds. The fourth-order valence-corrected chi connectivity index (χ4v) is 3.54. The van der Waals surface area contributed by atoms with E-state index in [1.54, 1.807) is 12.1 Å². The van der Waals surface area contributed by atoms with E-state index in [4.69, 9.17) is 4.74 Å². The molecule has 7 heteroatoms. The minimum absolute atomic E-state index is 0.213. The molecule has 1 saturated heterocycles. The molecule has 1 fully saturated rings. The standard InChI is InChI=1S/C12H17BrN2O3S/c1-18-12-7-10(4-5-11(12)13)19(16,17)15-8-9-3-2-6-14-9/h4-5,7,9,14-15H,2-3,6,8H2,1H3. The summed E-state index contributed by atoms with van der Waals surface area (Å²) in [4.78, 5) is 0.213. The number of methoxy groups -OCH3 is 1. The zero-order valence-electron chi connectivity index (χ0n) is 10.6. The van der Waals surface area contributed by atoms with Crippen LogP contribution in [0, 0.1) is 0 Å². The first-order valence-electron chi connectivity index (χ1n) is 6.09. The average molecular weight is 349 g/mol. The van der Waals surface area contributed by atoms with Gasteiger partial charge in [-0.05, 0) is 47.4 Å². The van der Waals surface area contributed by atoms with Crippen molar-refractivity contribution in [1.82, 2.24) is 10.0 Å². The van der Waals surface area contributed by atoms with Gasteiger partial charge in [-0.25, -0.2) is 13.1 Å². The molecule has 2 N–H and O–H groups in total. The summed E-state index contributed by atoms with van der Waals surface area (Å²) in [5, 5.41) is 3.25. The maximum atomic E-state index is 12.2. The van der Waals surface area contributed by atoms with E-state index in [9.17, 15) is 8.42 Å². The van der Waals surface area contributed by atoms with E-state index >= 15 is 0 Å². The molecule has 106 valence electrons. The molecule has 5 nitrogen and oxygen atoms in total. The Morgan fingerprint density at radius 1 is 1.53 bits per heavy atom. The van der Waals surface area contributed by atoms with Crippen LogP contribution in [0.5, 0.6) is 5.75 Å². The Kier molecular flexibility index (Phi) is 4.83. The zero-order valence-corrected chi connectivity index (χ0v) is 13.1. The van der Waals surface area contributed by atoms with Gasteiger partial charge in [0.1, 0.15) is 5.75 Å². The highest BCUT2D eigenvalue weighted by Gasteiger charge is 2.20. The largest absolute Gasteiger partial charge is 0.496 e. The summed E-state index contributed by atoms with van der Waals surface area (Å²) in [5.41, 5.74) is 0. The van der Waals surface area contributed by atoms with Gasteiger partial charge in [0.25, 0.3) is 0 Å². The number of rotatable bonds is 5. The number of halogens is 1. The molecule has 0 spiro atoms. The lowest BCUT2D eigenvalue weighted by molar-refractivity contribution is 0.410. The van der Waals surface area contributed by atoms with Gasteiger partial charge in [-0.3, -0.25) is 0 Å². The highest BCUT2D eigenvalue weighted by molar-refractivity contribution is 9.10.